The van der Waals surface area contributed by atoms with Crippen LogP contribution in [0.25, 0.3) is 0 Å². The van der Waals surface area contributed by atoms with Gasteiger partial charge in [-0.2, -0.15) is 0 Å². The summed E-state index contributed by atoms with van der Waals surface area (Å²) in [6, 6.07) is 5.57. The molecule has 0 radical (unpaired) electrons. The average molecular weight is 265 g/mol. The van der Waals surface area contributed by atoms with Gasteiger partial charge < -0.3 is 14.7 Å². The lowest BCUT2D eigenvalue weighted by atomic mass is 9.80. The maximum absolute atomic E-state index is 13.8. The summed E-state index contributed by atoms with van der Waals surface area (Å²) in [5, 5.41) is 11.0. The van der Waals surface area contributed by atoms with E-state index >= 15 is 0 Å². The lowest BCUT2D eigenvalue weighted by Crippen LogP contribution is -2.47. The van der Waals surface area contributed by atoms with Gasteiger partial charge in [-0.3, -0.25) is 0 Å². The Morgan fingerprint density at radius 1 is 1.32 bits per heavy atom. The number of hydrogen-bond acceptors (Lipinski definition) is 3. The first-order chi connectivity index (χ1) is 9.05. The maximum atomic E-state index is 13.8. The summed E-state index contributed by atoms with van der Waals surface area (Å²) in [6.07, 6.45) is 3.53. The van der Waals surface area contributed by atoms with Crippen LogP contribution in [0.4, 0.5) is 4.39 Å². The van der Waals surface area contributed by atoms with E-state index in [9.17, 15) is 9.50 Å². The number of benzene rings is 1. The fourth-order valence-electron chi connectivity index (χ4n) is 3.75. The van der Waals surface area contributed by atoms with E-state index in [1.54, 1.807) is 12.1 Å². The van der Waals surface area contributed by atoms with E-state index in [1.165, 1.54) is 13.2 Å². The second-order valence-electron chi connectivity index (χ2n) is 5.81. The molecule has 1 N–H and O–H groups in total. The van der Waals surface area contributed by atoms with Gasteiger partial charge in [0.25, 0.3) is 0 Å². The van der Waals surface area contributed by atoms with Crippen molar-refractivity contribution in [2.45, 2.75) is 43.4 Å². The van der Waals surface area contributed by atoms with Crippen LogP contribution in [-0.4, -0.2) is 36.2 Å². The van der Waals surface area contributed by atoms with Crippen LogP contribution < -0.4 is 4.74 Å². The van der Waals surface area contributed by atoms with Gasteiger partial charge in [-0.15, -0.1) is 0 Å². The largest absolute Gasteiger partial charge is 0.493 e. The van der Waals surface area contributed by atoms with Crippen molar-refractivity contribution in [3.05, 3.63) is 29.6 Å². The number of para-hydroxylation sites is 1. The molecule has 3 nitrogen and oxygen atoms in total. The van der Waals surface area contributed by atoms with Crippen LogP contribution >= 0.6 is 0 Å². The summed E-state index contributed by atoms with van der Waals surface area (Å²) in [6.45, 7) is 0. The first kappa shape index (κ1) is 12.9. The van der Waals surface area contributed by atoms with Crippen molar-refractivity contribution < 1.29 is 14.2 Å². The summed E-state index contributed by atoms with van der Waals surface area (Å²) in [5.41, 5.74) is -0.369. The minimum atomic E-state index is -0.966. The van der Waals surface area contributed by atoms with E-state index < -0.39 is 11.4 Å². The summed E-state index contributed by atoms with van der Waals surface area (Å²) in [4.78, 5) is 2.35. The first-order valence-electron chi connectivity index (χ1n) is 6.82. The Morgan fingerprint density at radius 2 is 1.95 bits per heavy atom. The van der Waals surface area contributed by atoms with Gasteiger partial charge in [0, 0.05) is 17.6 Å². The number of ether oxygens (including phenoxy) is 1. The number of methoxy groups -OCH3 is 1. The summed E-state index contributed by atoms with van der Waals surface area (Å²) in [7, 11) is 3.57. The fourth-order valence-corrected chi connectivity index (χ4v) is 3.75. The number of halogens is 1. The quantitative estimate of drug-likeness (QED) is 0.890. The molecule has 4 heteroatoms. The third-order valence-electron chi connectivity index (χ3n) is 4.80. The monoisotopic (exact) mass is 265 g/mol. The minimum Gasteiger partial charge on any atom is -0.493 e. The molecule has 2 heterocycles. The molecule has 1 aromatic rings. The Labute approximate surface area is 113 Å². The van der Waals surface area contributed by atoms with Crippen molar-refractivity contribution in [1.82, 2.24) is 4.90 Å². The van der Waals surface area contributed by atoms with Gasteiger partial charge in [0.1, 0.15) is 0 Å². The zero-order chi connectivity index (χ0) is 13.6. The molecular weight excluding hydrogens is 245 g/mol. The molecule has 2 bridgehead atoms. The van der Waals surface area contributed by atoms with Gasteiger partial charge in [0.05, 0.1) is 12.7 Å². The van der Waals surface area contributed by atoms with Crippen LogP contribution in [0.3, 0.4) is 0 Å². The van der Waals surface area contributed by atoms with Crippen LogP contribution in [0.5, 0.6) is 5.75 Å². The lowest BCUT2D eigenvalue weighted by molar-refractivity contribution is -0.0508. The molecule has 0 amide bonds. The normalized spacial score (nSPS) is 34.5. The van der Waals surface area contributed by atoms with Crippen molar-refractivity contribution >= 4 is 0 Å². The third-order valence-corrected chi connectivity index (χ3v) is 4.80. The first-order valence-corrected chi connectivity index (χ1v) is 6.82. The van der Waals surface area contributed by atoms with E-state index in [-0.39, 0.29) is 5.75 Å². The molecule has 3 rings (SSSR count). The van der Waals surface area contributed by atoms with Crippen LogP contribution in [0.2, 0.25) is 0 Å². The highest BCUT2D eigenvalue weighted by Gasteiger charge is 2.48. The predicted octanol–water partition coefficient (Wildman–Crippen LogP) is 2.28. The lowest BCUT2D eigenvalue weighted by Gasteiger charge is -2.42. The Kier molecular flexibility index (Phi) is 3.02. The van der Waals surface area contributed by atoms with Gasteiger partial charge in [-0.25, -0.2) is 4.39 Å². The Bertz CT molecular complexity index is 477. The molecule has 2 fully saturated rings. The van der Waals surface area contributed by atoms with Crippen LogP contribution in [0, 0.1) is 5.82 Å². The number of rotatable bonds is 2. The molecule has 0 aromatic heterocycles. The molecule has 2 saturated heterocycles. The SMILES string of the molecule is COc1c(F)cccc1C1(O)CC2CCC(C1)N2C. The fraction of sp³-hybridized carbons (Fsp3) is 0.600. The molecule has 2 atom stereocenters. The van der Waals surface area contributed by atoms with Crippen molar-refractivity contribution in [3.63, 3.8) is 0 Å². The second-order valence-corrected chi connectivity index (χ2v) is 5.81. The topological polar surface area (TPSA) is 32.7 Å². The number of nitrogens with zero attached hydrogens (tertiary/aromatic N) is 1. The zero-order valence-electron chi connectivity index (χ0n) is 11.4. The van der Waals surface area contributed by atoms with E-state index in [0.29, 0.717) is 30.5 Å². The number of fused-ring (bicyclic) bond motifs is 2. The third kappa shape index (κ3) is 1.94. The number of hydrogen-bond donors (Lipinski definition) is 1. The Hall–Kier alpha value is -1.13. The van der Waals surface area contributed by atoms with Gasteiger partial charge in [-0.1, -0.05) is 12.1 Å². The molecule has 2 aliphatic rings. The predicted molar refractivity (Wildman–Crippen MR) is 70.7 cm³/mol. The van der Waals surface area contributed by atoms with Crippen LogP contribution in [0.1, 0.15) is 31.2 Å². The highest BCUT2D eigenvalue weighted by atomic mass is 19.1. The summed E-state index contributed by atoms with van der Waals surface area (Å²) < 4.78 is 19.0. The Morgan fingerprint density at radius 3 is 2.53 bits per heavy atom. The standard InChI is InChI=1S/C15H20FNO2/c1-17-10-6-7-11(17)9-15(18,8-10)12-4-3-5-13(16)14(12)19-2/h3-5,10-11,18H,6-9H2,1-2H3. The zero-order valence-corrected chi connectivity index (χ0v) is 11.4. The molecule has 0 saturated carbocycles. The van der Waals surface area contributed by atoms with Crippen LogP contribution in [0.15, 0.2) is 18.2 Å². The second kappa shape index (κ2) is 4.46. The van der Waals surface area contributed by atoms with Crippen molar-refractivity contribution in [1.29, 1.82) is 0 Å². The van der Waals surface area contributed by atoms with Gasteiger partial charge in [0.2, 0.25) is 0 Å². The van der Waals surface area contributed by atoms with E-state index in [0.717, 1.165) is 12.8 Å². The average Bonchev–Trinajstić information content (AvgIpc) is 2.63. The number of piperidine rings is 1. The molecule has 1 aromatic carbocycles. The molecule has 2 aliphatic heterocycles. The van der Waals surface area contributed by atoms with Crippen molar-refractivity contribution in [3.8, 4) is 5.75 Å². The maximum Gasteiger partial charge on any atom is 0.165 e. The molecular formula is C15H20FNO2. The van der Waals surface area contributed by atoms with Gasteiger partial charge in [0.15, 0.2) is 11.6 Å². The Balaban J connectivity index is 2.00. The number of aliphatic hydroxyl groups is 1. The van der Waals surface area contributed by atoms with Crippen molar-refractivity contribution in [2.24, 2.45) is 0 Å². The molecule has 19 heavy (non-hydrogen) atoms. The van der Waals surface area contributed by atoms with Crippen molar-refractivity contribution in [2.75, 3.05) is 14.2 Å². The van der Waals surface area contributed by atoms with Gasteiger partial charge >= 0.3 is 0 Å². The minimum absolute atomic E-state index is 0.189. The van der Waals surface area contributed by atoms with Crippen LogP contribution in [-0.2, 0) is 5.60 Å². The molecule has 2 unspecified atom stereocenters. The van der Waals surface area contributed by atoms with E-state index in [2.05, 4.69) is 11.9 Å². The van der Waals surface area contributed by atoms with Gasteiger partial charge in [-0.05, 0) is 38.8 Å². The highest BCUT2D eigenvalue weighted by Crippen LogP contribution is 2.47. The molecule has 104 valence electrons. The summed E-state index contributed by atoms with van der Waals surface area (Å²) in [5.74, 6) is -0.214. The summed E-state index contributed by atoms with van der Waals surface area (Å²) >= 11 is 0. The molecule has 0 spiro atoms. The smallest absolute Gasteiger partial charge is 0.165 e. The molecule has 0 aliphatic carbocycles. The highest BCUT2D eigenvalue weighted by molar-refractivity contribution is 5.40. The van der Waals surface area contributed by atoms with E-state index in [4.69, 9.17) is 4.74 Å². The van der Waals surface area contributed by atoms with E-state index in [1.807, 2.05) is 0 Å².